The van der Waals surface area contributed by atoms with Crippen LogP contribution in [0.1, 0.15) is 25.5 Å². The molecule has 3 rings (SSSR count). The molecular weight excluding hydrogens is 338 g/mol. The standard InChI is InChI=1S/C16H27N3O.C2H2O4/c1-2-17-9-11-19(12-10-17)15-5-7-18(8-6-15)14-16-4-3-13-20-16;3-1(4)2(5)6/h3-4,13,15H,2,5-12,14H2,1H3;(H,3,4)(H,5,6). The van der Waals surface area contributed by atoms with Crippen LogP contribution in [0.25, 0.3) is 0 Å². The van der Waals surface area contributed by atoms with Crippen molar-refractivity contribution in [3.8, 4) is 0 Å². The molecule has 2 aliphatic heterocycles. The fourth-order valence-electron chi connectivity index (χ4n) is 3.62. The summed E-state index contributed by atoms with van der Waals surface area (Å²) in [6.45, 7) is 12.3. The van der Waals surface area contributed by atoms with Crippen molar-refractivity contribution in [3.05, 3.63) is 24.2 Å². The summed E-state index contributed by atoms with van der Waals surface area (Å²) in [7, 11) is 0. The first-order chi connectivity index (χ1) is 12.5. The van der Waals surface area contributed by atoms with Gasteiger partial charge >= 0.3 is 5.97 Å². The van der Waals surface area contributed by atoms with Crippen LogP contribution in [-0.4, -0.2) is 78.7 Å². The lowest BCUT2D eigenvalue weighted by Gasteiger charge is -2.41. The number of rotatable bonds is 4. The van der Waals surface area contributed by atoms with Crippen LogP contribution in [0.4, 0.5) is 0 Å². The number of nitrogens with one attached hydrogen (secondary N) is 1. The summed E-state index contributed by atoms with van der Waals surface area (Å²) < 4.78 is 5.45. The second kappa shape index (κ2) is 10.3. The van der Waals surface area contributed by atoms with E-state index in [2.05, 4.69) is 22.8 Å². The van der Waals surface area contributed by atoms with E-state index in [9.17, 15) is 0 Å². The molecule has 2 saturated heterocycles. The van der Waals surface area contributed by atoms with Gasteiger partial charge in [-0.15, -0.1) is 0 Å². The van der Waals surface area contributed by atoms with Crippen molar-refractivity contribution in [1.82, 2.24) is 9.80 Å². The number of furan rings is 1. The predicted molar refractivity (Wildman–Crippen MR) is 92.5 cm³/mol. The Morgan fingerprint density at radius 2 is 1.88 bits per heavy atom. The SMILES string of the molecule is CC[NH+]1CCN(C2CCN(Cc3ccco3)CC2)CC1.O=C([O-])C(=O)O. The molecule has 0 aliphatic carbocycles. The molecule has 0 bridgehead atoms. The van der Waals surface area contributed by atoms with E-state index < -0.39 is 11.9 Å². The summed E-state index contributed by atoms with van der Waals surface area (Å²) in [5, 5.41) is 16.3. The predicted octanol–water partition coefficient (Wildman–Crippen LogP) is -1.71. The minimum atomic E-state index is -2.07. The molecule has 0 amide bonds. The van der Waals surface area contributed by atoms with E-state index in [1.165, 1.54) is 58.7 Å². The van der Waals surface area contributed by atoms with Crippen molar-refractivity contribution >= 4 is 11.9 Å². The summed E-state index contributed by atoms with van der Waals surface area (Å²) in [5.41, 5.74) is 0. The van der Waals surface area contributed by atoms with Crippen LogP contribution in [0, 0.1) is 0 Å². The smallest absolute Gasteiger partial charge is 0.351 e. The number of piperidine rings is 1. The van der Waals surface area contributed by atoms with Crippen LogP contribution in [0.2, 0.25) is 0 Å². The van der Waals surface area contributed by atoms with E-state index in [0.29, 0.717) is 0 Å². The lowest BCUT2D eigenvalue weighted by molar-refractivity contribution is -0.902. The highest BCUT2D eigenvalue weighted by Gasteiger charge is 2.28. The van der Waals surface area contributed by atoms with Gasteiger partial charge in [0.25, 0.3) is 0 Å². The number of carboxylic acid groups (broad SMARTS) is 2. The minimum Gasteiger partial charge on any atom is -0.539 e. The summed E-state index contributed by atoms with van der Waals surface area (Å²) in [4.78, 5) is 25.1. The lowest BCUT2D eigenvalue weighted by Crippen LogP contribution is -3.14. The largest absolute Gasteiger partial charge is 0.539 e. The number of hydrogen-bond acceptors (Lipinski definition) is 6. The Morgan fingerprint density at radius 1 is 1.27 bits per heavy atom. The Bertz CT molecular complexity index is 535. The van der Waals surface area contributed by atoms with E-state index >= 15 is 0 Å². The molecule has 146 valence electrons. The summed E-state index contributed by atoms with van der Waals surface area (Å²) in [5.74, 6) is -2.91. The van der Waals surface area contributed by atoms with Crippen LogP contribution in [0.5, 0.6) is 0 Å². The first-order valence-electron chi connectivity index (χ1n) is 9.26. The molecule has 2 N–H and O–H groups in total. The average Bonchev–Trinajstić information content (AvgIpc) is 3.16. The molecule has 26 heavy (non-hydrogen) atoms. The number of likely N-dealkylation sites (N-methyl/N-ethyl adjacent to an activating group) is 1. The first-order valence-corrected chi connectivity index (χ1v) is 9.26. The molecule has 1 aromatic rings. The minimum absolute atomic E-state index is 0.821. The Kier molecular flexibility index (Phi) is 8.08. The third-order valence-electron chi connectivity index (χ3n) is 5.21. The molecule has 3 heterocycles. The molecule has 1 aromatic heterocycles. The monoisotopic (exact) mass is 367 g/mol. The number of nitrogens with zero attached hydrogens (tertiary/aromatic N) is 2. The molecule has 2 fully saturated rings. The van der Waals surface area contributed by atoms with Gasteiger partial charge in [0.1, 0.15) is 5.76 Å². The zero-order chi connectivity index (χ0) is 18.9. The van der Waals surface area contributed by atoms with Gasteiger partial charge in [-0.25, -0.2) is 4.79 Å². The van der Waals surface area contributed by atoms with Gasteiger partial charge in [0, 0.05) is 32.2 Å². The Labute approximate surface area is 154 Å². The van der Waals surface area contributed by atoms with Crippen LogP contribution < -0.4 is 10.0 Å². The number of likely N-dealkylation sites (tertiary alicyclic amines) is 1. The summed E-state index contributed by atoms with van der Waals surface area (Å²) in [6.07, 6.45) is 4.42. The van der Waals surface area contributed by atoms with Crippen LogP contribution in [0.15, 0.2) is 22.8 Å². The highest BCUT2D eigenvalue weighted by atomic mass is 16.4. The maximum absolute atomic E-state index is 9.04. The number of hydrogen-bond donors (Lipinski definition) is 2. The second-order valence-electron chi connectivity index (χ2n) is 6.82. The molecule has 0 atom stereocenters. The van der Waals surface area contributed by atoms with Gasteiger partial charge in [-0.05, 0) is 31.9 Å². The fourth-order valence-corrected chi connectivity index (χ4v) is 3.62. The molecule has 0 radical (unpaired) electrons. The van der Waals surface area contributed by atoms with E-state index in [0.717, 1.165) is 18.3 Å². The maximum atomic E-state index is 9.04. The third-order valence-corrected chi connectivity index (χ3v) is 5.21. The fraction of sp³-hybridized carbons (Fsp3) is 0.667. The van der Waals surface area contributed by atoms with Crippen molar-refractivity contribution in [1.29, 1.82) is 0 Å². The molecule has 0 unspecified atom stereocenters. The highest BCUT2D eigenvalue weighted by Crippen LogP contribution is 2.18. The summed E-state index contributed by atoms with van der Waals surface area (Å²) >= 11 is 0. The molecule has 2 aliphatic rings. The van der Waals surface area contributed by atoms with Gasteiger partial charge in [-0.3, -0.25) is 9.80 Å². The number of piperazine rings is 1. The molecule has 0 aromatic carbocycles. The van der Waals surface area contributed by atoms with Gasteiger partial charge in [-0.1, -0.05) is 0 Å². The van der Waals surface area contributed by atoms with Crippen molar-refractivity contribution in [2.75, 3.05) is 45.8 Å². The van der Waals surface area contributed by atoms with Crippen LogP contribution >= 0.6 is 0 Å². The van der Waals surface area contributed by atoms with Crippen molar-refractivity contribution < 1.29 is 29.1 Å². The van der Waals surface area contributed by atoms with Crippen molar-refractivity contribution in [3.63, 3.8) is 0 Å². The number of carboxylic acids is 2. The summed E-state index contributed by atoms with van der Waals surface area (Å²) in [6, 6.07) is 4.89. The number of aliphatic carboxylic acids is 2. The quantitative estimate of drug-likeness (QED) is 0.611. The molecule has 8 nitrogen and oxygen atoms in total. The van der Waals surface area contributed by atoms with Gasteiger partial charge in [0.05, 0.1) is 32.4 Å². The topological polar surface area (TPSA) is 101 Å². The Morgan fingerprint density at radius 3 is 2.35 bits per heavy atom. The zero-order valence-corrected chi connectivity index (χ0v) is 15.4. The van der Waals surface area contributed by atoms with Crippen LogP contribution in [-0.2, 0) is 16.1 Å². The van der Waals surface area contributed by atoms with Gasteiger partial charge < -0.3 is 24.3 Å². The Hall–Kier alpha value is -1.90. The van der Waals surface area contributed by atoms with Crippen molar-refractivity contribution in [2.45, 2.75) is 32.4 Å². The van der Waals surface area contributed by atoms with E-state index in [-0.39, 0.29) is 0 Å². The average molecular weight is 367 g/mol. The highest BCUT2D eigenvalue weighted by molar-refractivity contribution is 6.26. The lowest BCUT2D eigenvalue weighted by atomic mass is 10.0. The Balaban J connectivity index is 0.000000352. The molecule has 0 spiro atoms. The third kappa shape index (κ3) is 6.44. The van der Waals surface area contributed by atoms with E-state index in [4.69, 9.17) is 24.2 Å². The zero-order valence-electron chi connectivity index (χ0n) is 15.4. The number of carbonyl (C=O) groups excluding carboxylic acids is 1. The van der Waals surface area contributed by atoms with Gasteiger partial charge in [0.15, 0.2) is 5.97 Å². The number of quaternary nitrogens is 1. The molecule has 8 heteroatoms. The maximum Gasteiger partial charge on any atom is 0.351 e. The van der Waals surface area contributed by atoms with Crippen LogP contribution in [0.3, 0.4) is 0 Å². The van der Waals surface area contributed by atoms with Crippen molar-refractivity contribution in [2.24, 2.45) is 0 Å². The second-order valence-corrected chi connectivity index (χ2v) is 6.82. The van der Waals surface area contributed by atoms with Gasteiger partial charge in [0.2, 0.25) is 0 Å². The van der Waals surface area contributed by atoms with Gasteiger partial charge in [-0.2, -0.15) is 0 Å². The molecule has 0 saturated carbocycles. The van der Waals surface area contributed by atoms with E-state index in [1.54, 1.807) is 11.2 Å². The first kappa shape index (κ1) is 20.4. The normalized spacial score (nSPS) is 20.3. The number of carbonyl (C=O) groups is 2. The molecular formula is C18H29N3O5. The van der Waals surface area contributed by atoms with E-state index in [1.807, 2.05) is 6.07 Å².